The van der Waals surface area contributed by atoms with E-state index >= 15 is 0 Å². The summed E-state index contributed by atoms with van der Waals surface area (Å²) >= 11 is 12.0. The number of halogens is 2. The normalized spacial score (nSPS) is 19.2. The van der Waals surface area contributed by atoms with Crippen molar-refractivity contribution < 1.29 is 0 Å². The first-order valence-corrected chi connectivity index (χ1v) is 4.13. The van der Waals surface area contributed by atoms with Gasteiger partial charge in [-0.1, -0.05) is 20.8 Å². The molecule has 0 fully saturated rings. The van der Waals surface area contributed by atoms with E-state index in [0.717, 1.165) is 5.38 Å². The van der Waals surface area contributed by atoms with Crippen molar-refractivity contribution in [2.24, 2.45) is 5.41 Å². The average molecular weight is 182 g/mol. The maximum atomic E-state index is 6.18. The van der Waals surface area contributed by atoms with E-state index < -0.39 is 4.87 Å². The lowest BCUT2D eigenvalue weighted by atomic mass is 9.79. The van der Waals surface area contributed by atoms with Crippen molar-refractivity contribution in [3.8, 4) is 0 Å². The summed E-state index contributed by atoms with van der Waals surface area (Å²) in [7, 11) is 0. The highest BCUT2D eigenvalue weighted by atomic mass is 35.5. The summed E-state index contributed by atoms with van der Waals surface area (Å²) in [5, 5.41) is 0.752. The summed E-state index contributed by atoms with van der Waals surface area (Å²) < 4.78 is 0. The van der Waals surface area contributed by atoms with Gasteiger partial charge in [-0.2, -0.15) is 0 Å². The van der Waals surface area contributed by atoms with Crippen molar-refractivity contribution in [2.75, 3.05) is 0 Å². The van der Waals surface area contributed by atoms with Gasteiger partial charge in [0.05, 0.1) is 10.3 Å². The molecule has 0 heterocycles. The van der Waals surface area contributed by atoms with Crippen LogP contribution >= 0.6 is 23.2 Å². The maximum absolute atomic E-state index is 6.18. The van der Waals surface area contributed by atoms with E-state index in [1.807, 2.05) is 13.8 Å². The van der Waals surface area contributed by atoms with Gasteiger partial charge in [0.1, 0.15) is 0 Å². The Morgan fingerprint density at radius 2 is 1.40 bits per heavy atom. The maximum Gasteiger partial charge on any atom is 0.0817 e. The summed E-state index contributed by atoms with van der Waals surface area (Å²) in [4.78, 5) is -0.408. The van der Waals surface area contributed by atoms with E-state index in [1.165, 1.54) is 0 Å². The number of hydrogen-bond acceptors (Lipinski definition) is 0. The topological polar surface area (TPSA) is 0 Å². The SMILES string of the molecule is C[C](Cl)C(C)(Cl)C(C)(C)C. The Morgan fingerprint density at radius 1 is 1.10 bits per heavy atom. The van der Waals surface area contributed by atoms with E-state index in [0.29, 0.717) is 0 Å². The van der Waals surface area contributed by atoms with Gasteiger partial charge in [-0.15, -0.1) is 23.2 Å². The standard InChI is InChI=1S/C8H15Cl2/c1-6(9)8(5,10)7(2,3)4/h1-5H3. The predicted molar refractivity (Wildman–Crippen MR) is 48.5 cm³/mol. The summed E-state index contributed by atoms with van der Waals surface area (Å²) in [6.45, 7) is 10.0. The Balaban J connectivity index is 4.40. The third-order valence-corrected chi connectivity index (χ3v) is 3.38. The van der Waals surface area contributed by atoms with Crippen LogP contribution in [0.25, 0.3) is 0 Å². The van der Waals surface area contributed by atoms with Crippen LogP contribution in [0.3, 0.4) is 0 Å². The molecule has 0 amide bonds. The van der Waals surface area contributed by atoms with Gasteiger partial charge in [0, 0.05) is 0 Å². The van der Waals surface area contributed by atoms with Crippen LogP contribution in [0.1, 0.15) is 34.6 Å². The van der Waals surface area contributed by atoms with E-state index in [2.05, 4.69) is 20.8 Å². The molecule has 0 saturated carbocycles. The molecule has 0 nitrogen and oxygen atoms in total. The van der Waals surface area contributed by atoms with Crippen LogP contribution in [0.2, 0.25) is 0 Å². The zero-order valence-corrected chi connectivity index (χ0v) is 8.77. The summed E-state index contributed by atoms with van der Waals surface area (Å²) in [5.41, 5.74) is 0.0143. The first kappa shape index (κ1) is 10.6. The highest BCUT2D eigenvalue weighted by molar-refractivity contribution is 6.37. The van der Waals surface area contributed by atoms with Crippen molar-refractivity contribution >= 4 is 23.2 Å². The lowest BCUT2D eigenvalue weighted by Crippen LogP contribution is -2.36. The minimum atomic E-state index is -0.408. The Kier molecular flexibility index (Phi) is 3.07. The van der Waals surface area contributed by atoms with Crippen LogP contribution in [-0.2, 0) is 0 Å². The minimum absolute atomic E-state index is 0.0143. The predicted octanol–water partition coefficient (Wildman–Crippen LogP) is 3.82. The molecule has 0 aliphatic rings. The fourth-order valence-corrected chi connectivity index (χ4v) is 0.800. The highest BCUT2D eigenvalue weighted by Crippen LogP contribution is 2.44. The second-order valence-electron chi connectivity index (χ2n) is 3.79. The number of alkyl halides is 1. The van der Waals surface area contributed by atoms with Crippen LogP contribution < -0.4 is 0 Å². The largest absolute Gasteiger partial charge is 0.117 e. The first-order valence-electron chi connectivity index (χ1n) is 3.38. The van der Waals surface area contributed by atoms with Crippen LogP contribution in [-0.4, -0.2) is 4.87 Å². The molecule has 0 aliphatic carbocycles. The summed E-state index contributed by atoms with van der Waals surface area (Å²) in [5.74, 6) is 0. The van der Waals surface area contributed by atoms with E-state index in [9.17, 15) is 0 Å². The van der Waals surface area contributed by atoms with Gasteiger partial charge >= 0.3 is 0 Å². The van der Waals surface area contributed by atoms with Crippen LogP contribution in [0.15, 0.2) is 0 Å². The van der Waals surface area contributed by atoms with Gasteiger partial charge < -0.3 is 0 Å². The molecule has 0 aromatic heterocycles. The van der Waals surface area contributed by atoms with Crippen molar-refractivity contribution in [1.82, 2.24) is 0 Å². The fourth-order valence-electron chi connectivity index (χ4n) is 0.517. The van der Waals surface area contributed by atoms with Crippen molar-refractivity contribution in [3.05, 3.63) is 5.38 Å². The molecule has 0 aliphatic heterocycles. The van der Waals surface area contributed by atoms with Gasteiger partial charge in [0.2, 0.25) is 0 Å². The van der Waals surface area contributed by atoms with Crippen molar-refractivity contribution in [2.45, 2.75) is 39.5 Å². The van der Waals surface area contributed by atoms with Gasteiger partial charge in [-0.3, -0.25) is 0 Å². The molecular formula is C8H15Cl2. The van der Waals surface area contributed by atoms with Crippen LogP contribution in [0, 0.1) is 10.8 Å². The van der Waals surface area contributed by atoms with E-state index in [-0.39, 0.29) is 5.41 Å². The Morgan fingerprint density at radius 3 is 1.40 bits per heavy atom. The molecule has 61 valence electrons. The lowest BCUT2D eigenvalue weighted by molar-refractivity contribution is 0.317. The zero-order chi connectivity index (χ0) is 8.58. The molecule has 0 bridgehead atoms. The molecular weight excluding hydrogens is 167 g/mol. The molecule has 1 unspecified atom stereocenters. The average Bonchev–Trinajstić information content (AvgIpc) is 1.62. The van der Waals surface area contributed by atoms with E-state index in [4.69, 9.17) is 23.2 Å². The summed E-state index contributed by atoms with van der Waals surface area (Å²) in [6.07, 6.45) is 0. The molecule has 1 atom stereocenters. The van der Waals surface area contributed by atoms with Crippen molar-refractivity contribution in [1.29, 1.82) is 0 Å². The second kappa shape index (κ2) is 2.91. The van der Waals surface area contributed by atoms with Gasteiger partial charge in [-0.05, 0) is 19.3 Å². The molecule has 0 rings (SSSR count). The number of rotatable bonds is 1. The Bertz CT molecular complexity index is 109. The summed E-state index contributed by atoms with van der Waals surface area (Å²) in [6, 6.07) is 0. The van der Waals surface area contributed by atoms with Crippen molar-refractivity contribution in [3.63, 3.8) is 0 Å². The third-order valence-electron chi connectivity index (χ3n) is 2.06. The lowest BCUT2D eigenvalue weighted by Gasteiger charge is -2.37. The smallest absolute Gasteiger partial charge is 0.0817 e. The molecule has 0 N–H and O–H groups in total. The quantitative estimate of drug-likeness (QED) is 0.540. The molecule has 0 saturated heterocycles. The van der Waals surface area contributed by atoms with Gasteiger partial charge in [0.25, 0.3) is 0 Å². The Hall–Kier alpha value is 0.580. The third kappa shape index (κ3) is 2.03. The monoisotopic (exact) mass is 181 g/mol. The molecule has 0 aromatic carbocycles. The minimum Gasteiger partial charge on any atom is -0.117 e. The number of hydrogen-bond donors (Lipinski definition) is 0. The molecule has 10 heavy (non-hydrogen) atoms. The fraction of sp³-hybridized carbons (Fsp3) is 0.875. The van der Waals surface area contributed by atoms with Crippen LogP contribution in [0.4, 0.5) is 0 Å². The molecule has 0 spiro atoms. The first-order chi connectivity index (χ1) is 4.19. The molecule has 0 aromatic rings. The van der Waals surface area contributed by atoms with Crippen LogP contribution in [0.5, 0.6) is 0 Å². The van der Waals surface area contributed by atoms with E-state index in [1.54, 1.807) is 0 Å². The molecule has 1 radical (unpaired) electrons. The van der Waals surface area contributed by atoms with Gasteiger partial charge in [-0.25, -0.2) is 0 Å². The zero-order valence-electron chi connectivity index (χ0n) is 7.26. The van der Waals surface area contributed by atoms with Gasteiger partial charge in [0.15, 0.2) is 0 Å². The highest BCUT2D eigenvalue weighted by Gasteiger charge is 2.39. The molecule has 2 heteroatoms. The second-order valence-corrected chi connectivity index (χ2v) is 5.11. The Labute approximate surface area is 73.9 Å².